The maximum atomic E-state index is 12.3. The van der Waals surface area contributed by atoms with E-state index in [0.717, 1.165) is 32.2 Å². The molecule has 5 nitrogen and oxygen atoms in total. The third-order valence-electron chi connectivity index (χ3n) is 4.54. The number of amides is 1. The average Bonchev–Trinajstić information content (AvgIpc) is 2.48. The minimum absolute atomic E-state index is 0.177. The van der Waals surface area contributed by atoms with E-state index in [4.69, 9.17) is 5.11 Å². The van der Waals surface area contributed by atoms with Crippen molar-refractivity contribution in [2.24, 2.45) is 5.92 Å². The Hall–Kier alpha value is -1.88. The maximum Gasteiger partial charge on any atom is 0.335 e. The fourth-order valence-electron chi connectivity index (χ4n) is 3.27. The molecule has 0 bridgehead atoms. The van der Waals surface area contributed by atoms with E-state index >= 15 is 0 Å². The highest BCUT2D eigenvalue weighted by Crippen LogP contribution is 2.25. The molecule has 0 heterocycles. The number of aromatic carboxylic acids is 1. The topological polar surface area (TPSA) is 69.6 Å². The van der Waals surface area contributed by atoms with Crippen molar-refractivity contribution in [1.82, 2.24) is 10.2 Å². The van der Waals surface area contributed by atoms with E-state index in [1.54, 1.807) is 19.1 Å². The molecule has 5 heteroatoms. The van der Waals surface area contributed by atoms with Gasteiger partial charge in [0.2, 0.25) is 0 Å². The number of carboxylic acid groups (broad SMARTS) is 1. The first-order valence-corrected chi connectivity index (χ1v) is 8.16. The highest BCUT2D eigenvalue weighted by atomic mass is 16.4. The Morgan fingerprint density at radius 2 is 1.87 bits per heavy atom. The summed E-state index contributed by atoms with van der Waals surface area (Å²) in [6.07, 6.45) is 4.22. The molecule has 0 spiro atoms. The Balaban J connectivity index is 1.93. The van der Waals surface area contributed by atoms with Crippen LogP contribution < -0.4 is 5.32 Å². The molecule has 0 unspecified atom stereocenters. The molecule has 2 rings (SSSR count). The van der Waals surface area contributed by atoms with Crippen molar-refractivity contribution < 1.29 is 14.7 Å². The zero-order chi connectivity index (χ0) is 17.0. The first-order chi connectivity index (χ1) is 10.9. The van der Waals surface area contributed by atoms with E-state index in [1.807, 2.05) is 0 Å². The van der Waals surface area contributed by atoms with E-state index < -0.39 is 5.97 Å². The normalized spacial score (nSPS) is 21.2. The van der Waals surface area contributed by atoms with Gasteiger partial charge in [-0.05, 0) is 70.3 Å². The predicted molar refractivity (Wildman–Crippen MR) is 89.9 cm³/mol. The monoisotopic (exact) mass is 318 g/mol. The molecule has 1 aliphatic carbocycles. The van der Waals surface area contributed by atoms with Gasteiger partial charge in [-0.25, -0.2) is 4.79 Å². The van der Waals surface area contributed by atoms with Gasteiger partial charge in [0.1, 0.15) is 0 Å². The van der Waals surface area contributed by atoms with Gasteiger partial charge in [-0.1, -0.05) is 6.07 Å². The minimum Gasteiger partial charge on any atom is -0.478 e. The Morgan fingerprint density at radius 1 is 1.22 bits per heavy atom. The third-order valence-corrected chi connectivity index (χ3v) is 4.54. The fourth-order valence-corrected chi connectivity index (χ4v) is 3.27. The van der Waals surface area contributed by atoms with Crippen molar-refractivity contribution in [2.45, 2.75) is 38.6 Å². The summed E-state index contributed by atoms with van der Waals surface area (Å²) in [5.41, 5.74) is 1.27. The number of hydrogen-bond donors (Lipinski definition) is 2. The lowest BCUT2D eigenvalue weighted by Gasteiger charge is -2.30. The van der Waals surface area contributed by atoms with Gasteiger partial charge in [-0.2, -0.15) is 0 Å². The Kier molecular flexibility index (Phi) is 5.77. The van der Waals surface area contributed by atoms with E-state index in [-0.39, 0.29) is 17.5 Å². The summed E-state index contributed by atoms with van der Waals surface area (Å²) in [6.45, 7) is 2.83. The molecule has 1 fully saturated rings. The summed E-state index contributed by atoms with van der Waals surface area (Å²) >= 11 is 0. The number of rotatable bonds is 5. The quantitative estimate of drug-likeness (QED) is 0.875. The standard InChI is InChI=1S/C18H26N2O3/c1-12-4-7-14(10-16(12)18(22)23)17(21)19-15-8-5-13(6-9-15)11-20(2)3/h4,7,10,13,15H,5-6,8-9,11H2,1-3H3,(H,19,21)(H,22,23). The van der Waals surface area contributed by atoms with Crippen LogP contribution in [0.1, 0.15) is 52.0 Å². The van der Waals surface area contributed by atoms with Crippen LogP contribution in [0.5, 0.6) is 0 Å². The van der Waals surface area contributed by atoms with E-state index in [1.165, 1.54) is 6.07 Å². The van der Waals surface area contributed by atoms with Crippen LogP contribution in [0.2, 0.25) is 0 Å². The molecular weight excluding hydrogens is 292 g/mol. The molecule has 1 amide bonds. The van der Waals surface area contributed by atoms with E-state index in [9.17, 15) is 9.59 Å². The molecule has 23 heavy (non-hydrogen) atoms. The van der Waals surface area contributed by atoms with Crippen LogP contribution >= 0.6 is 0 Å². The van der Waals surface area contributed by atoms with Gasteiger partial charge in [0.05, 0.1) is 5.56 Å². The lowest BCUT2D eigenvalue weighted by molar-refractivity contribution is 0.0696. The largest absolute Gasteiger partial charge is 0.478 e. The van der Waals surface area contributed by atoms with Gasteiger partial charge in [-0.15, -0.1) is 0 Å². The summed E-state index contributed by atoms with van der Waals surface area (Å²) in [7, 11) is 4.18. The molecule has 0 aliphatic heterocycles. The van der Waals surface area contributed by atoms with Gasteiger partial charge in [0.25, 0.3) is 5.91 Å². The average molecular weight is 318 g/mol. The summed E-state index contributed by atoms with van der Waals surface area (Å²) in [4.78, 5) is 25.7. The lowest BCUT2D eigenvalue weighted by atomic mass is 9.85. The molecule has 1 aliphatic rings. The van der Waals surface area contributed by atoms with Crippen LogP contribution in [-0.2, 0) is 0 Å². The van der Waals surface area contributed by atoms with E-state index in [0.29, 0.717) is 17.0 Å². The number of aryl methyl sites for hydroxylation is 1. The SMILES string of the molecule is Cc1ccc(C(=O)NC2CCC(CN(C)C)CC2)cc1C(=O)O. The zero-order valence-electron chi connectivity index (χ0n) is 14.1. The van der Waals surface area contributed by atoms with Gasteiger partial charge >= 0.3 is 5.97 Å². The van der Waals surface area contributed by atoms with Gasteiger partial charge in [0.15, 0.2) is 0 Å². The first kappa shape index (κ1) is 17.5. The van der Waals surface area contributed by atoms with Crippen molar-refractivity contribution in [3.8, 4) is 0 Å². The second kappa shape index (κ2) is 7.59. The van der Waals surface area contributed by atoms with Crippen LogP contribution in [0.3, 0.4) is 0 Å². The predicted octanol–water partition coefficient (Wildman–Crippen LogP) is 2.54. The van der Waals surface area contributed by atoms with Crippen LogP contribution in [0, 0.1) is 12.8 Å². The third kappa shape index (κ3) is 4.79. The van der Waals surface area contributed by atoms with Gasteiger partial charge in [-0.3, -0.25) is 4.79 Å². The van der Waals surface area contributed by atoms with Crippen molar-refractivity contribution in [2.75, 3.05) is 20.6 Å². The summed E-state index contributed by atoms with van der Waals surface area (Å²) in [5.74, 6) is -0.471. The minimum atomic E-state index is -0.999. The molecule has 126 valence electrons. The molecule has 0 radical (unpaired) electrons. The molecule has 0 aromatic heterocycles. The van der Waals surface area contributed by atoms with Gasteiger partial charge in [0, 0.05) is 18.2 Å². The Labute approximate surface area is 137 Å². The van der Waals surface area contributed by atoms with Crippen LogP contribution in [-0.4, -0.2) is 48.6 Å². The Morgan fingerprint density at radius 3 is 2.43 bits per heavy atom. The molecule has 0 saturated heterocycles. The summed E-state index contributed by atoms with van der Waals surface area (Å²) in [6, 6.07) is 5.03. The van der Waals surface area contributed by atoms with Crippen LogP contribution in [0.4, 0.5) is 0 Å². The number of nitrogens with zero attached hydrogens (tertiary/aromatic N) is 1. The molecule has 1 saturated carbocycles. The second-order valence-corrected chi connectivity index (χ2v) is 6.79. The molecule has 2 N–H and O–H groups in total. The lowest BCUT2D eigenvalue weighted by Crippen LogP contribution is -2.39. The number of benzene rings is 1. The highest BCUT2D eigenvalue weighted by Gasteiger charge is 2.23. The Bertz CT molecular complexity index is 576. The smallest absolute Gasteiger partial charge is 0.335 e. The number of hydrogen-bond acceptors (Lipinski definition) is 3. The van der Waals surface area contributed by atoms with Crippen LogP contribution in [0.25, 0.3) is 0 Å². The van der Waals surface area contributed by atoms with Crippen molar-refractivity contribution in [3.63, 3.8) is 0 Å². The van der Waals surface area contributed by atoms with E-state index in [2.05, 4.69) is 24.3 Å². The molecular formula is C18H26N2O3. The van der Waals surface area contributed by atoms with Crippen molar-refractivity contribution >= 4 is 11.9 Å². The highest BCUT2D eigenvalue weighted by molar-refractivity contribution is 5.98. The number of carbonyl (C=O) groups excluding carboxylic acids is 1. The number of nitrogens with one attached hydrogen (secondary N) is 1. The van der Waals surface area contributed by atoms with Crippen LogP contribution in [0.15, 0.2) is 18.2 Å². The fraction of sp³-hybridized carbons (Fsp3) is 0.556. The van der Waals surface area contributed by atoms with Crippen molar-refractivity contribution in [3.05, 3.63) is 34.9 Å². The molecule has 0 atom stereocenters. The van der Waals surface area contributed by atoms with Gasteiger partial charge < -0.3 is 15.3 Å². The summed E-state index contributed by atoms with van der Waals surface area (Å²) < 4.78 is 0. The molecule has 1 aromatic rings. The molecule has 1 aromatic carbocycles. The summed E-state index contributed by atoms with van der Waals surface area (Å²) in [5, 5.41) is 12.2. The first-order valence-electron chi connectivity index (χ1n) is 8.16. The number of carbonyl (C=O) groups is 2. The van der Waals surface area contributed by atoms with Crippen molar-refractivity contribution in [1.29, 1.82) is 0 Å². The number of carboxylic acids is 1. The zero-order valence-corrected chi connectivity index (χ0v) is 14.1. The maximum absolute atomic E-state index is 12.3. The second-order valence-electron chi connectivity index (χ2n) is 6.79.